The average molecular weight is 325 g/mol. The largest absolute Gasteiger partial charge is 0.392 e. The summed E-state index contributed by atoms with van der Waals surface area (Å²) >= 11 is 3.32. The van der Waals surface area contributed by atoms with E-state index in [1.165, 1.54) is 12.1 Å². The molecule has 0 amide bonds. The van der Waals surface area contributed by atoms with E-state index in [0.717, 1.165) is 15.6 Å². The number of aliphatic hydroxyl groups excluding tert-OH is 1. The van der Waals surface area contributed by atoms with Gasteiger partial charge in [0.25, 0.3) is 0 Å². The third kappa shape index (κ3) is 3.52. The minimum atomic E-state index is -0.253. The van der Waals surface area contributed by atoms with Crippen LogP contribution in [-0.4, -0.2) is 17.1 Å². The van der Waals surface area contributed by atoms with Crippen LogP contribution >= 0.6 is 15.9 Å². The Hall–Kier alpha value is -1.46. The van der Waals surface area contributed by atoms with Crippen molar-refractivity contribution in [2.24, 2.45) is 0 Å². The maximum Gasteiger partial charge on any atom is 0.134 e. The fourth-order valence-electron chi connectivity index (χ4n) is 1.92. The van der Waals surface area contributed by atoms with Crippen molar-refractivity contribution in [3.8, 4) is 0 Å². The second kappa shape index (κ2) is 6.12. The van der Waals surface area contributed by atoms with Gasteiger partial charge in [0.05, 0.1) is 6.61 Å². The highest BCUT2D eigenvalue weighted by Crippen LogP contribution is 2.22. The summed E-state index contributed by atoms with van der Waals surface area (Å²) in [5.74, 6) is 0.437. The molecule has 0 aliphatic heterocycles. The normalized spacial score (nSPS) is 10.5. The van der Waals surface area contributed by atoms with E-state index in [2.05, 4.69) is 20.9 Å². The predicted octanol–water partition coefficient (Wildman–Crippen LogP) is 3.11. The molecule has 1 heterocycles. The number of aromatic nitrogens is 1. The molecule has 19 heavy (non-hydrogen) atoms. The quantitative estimate of drug-likeness (QED) is 0.938. The molecule has 0 fully saturated rings. The van der Waals surface area contributed by atoms with Crippen molar-refractivity contribution in [2.45, 2.75) is 13.2 Å². The topological polar surface area (TPSA) is 36.4 Å². The van der Waals surface area contributed by atoms with Gasteiger partial charge < -0.3 is 10.0 Å². The number of nitrogens with zero attached hydrogens (tertiary/aromatic N) is 2. The molecule has 2 aromatic rings. The fourth-order valence-corrected chi connectivity index (χ4v) is 2.30. The number of pyridine rings is 1. The molecule has 0 saturated heterocycles. The number of anilines is 1. The molecule has 5 heteroatoms. The smallest absolute Gasteiger partial charge is 0.134 e. The Balaban J connectivity index is 2.22. The molecule has 0 spiro atoms. The molecule has 0 saturated carbocycles. The van der Waals surface area contributed by atoms with Gasteiger partial charge in [-0.05, 0) is 39.7 Å². The van der Waals surface area contributed by atoms with Crippen molar-refractivity contribution in [3.63, 3.8) is 0 Å². The molecule has 1 N–H and O–H groups in total. The lowest BCUT2D eigenvalue weighted by molar-refractivity contribution is 0.281. The van der Waals surface area contributed by atoms with Crippen molar-refractivity contribution in [1.82, 2.24) is 4.98 Å². The van der Waals surface area contributed by atoms with Crippen LogP contribution in [0.15, 0.2) is 41.0 Å². The second-order valence-corrected chi connectivity index (χ2v) is 5.20. The molecule has 0 bridgehead atoms. The standard InChI is InChI=1S/C14H14BrFN2O/c1-18(8-10-3-2-4-13(16)5-10)14-11(9-19)6-12(15)7-17-14/h2-7,19H,8-9H2,1H3. The molecule has 0 unspecified atom stereocenters. The van der Waals surface area contributed by atoms with Gasteiger partial charge in [0, 0.05) is 29.8 Å². The third-order valence-corrected chi connectivity index (χ3v) is 3.18. The van der Waals surface area contributed by atoms with Crippen molar-refractivity contribution >= 4 is 21.7 Å². The van der Waals surface area contributed by atoms with Crippen LogP contribution < -0.4 is 4.90 Å². The monoisotopic (exact) mass is 324 g/mol. The summed E-state index contributed by atoms with van der Waals surface area (Å²) in [6.45, 7) is 0.439. The molecule has 0 radical (unpaired) electrons. The van der Waals surface area contributed by atoms with Crippen molar-refractivity contribution in [1.29, 1.82) is 0 Å². The van der Waals surface area contributed by atoms with Gasteiger partial charge in [-0.1, -0.05) is 12.1 Å². The number of aliphatic hydroxyl groups is 1. The molecular weight excluding hydrogens is 311 g/mol. The number of hydrogen-bond donors (Lipinski definition) is 1. The molecule has 100 valence electrons. The minimum absolute atomic E-state index is 0.0880. The van der Waals surface area contributed by atoms with E-state index in [1.807, 2.05) is 24.1 Å². The summed E-state index contributed by atoms with van der Waals surface area (Å²) in [5, 5.41) is 9.35. The Kier molecular flexibility index (Phi) is 4.50. The maximum absolute atomic E-state index is 13.1. The van der Waals surface area contributed by atoms with Crippen LogP contribution in [0.1, 0.15) is 11.1 Å². The molecule has 1 aromatic carbocycles. The Morgan fingerprint density at radius 3 is 2.84 bits per heavy atom. The van der Waals surface area contributed by atoms with Crippen LogP contribution in [0.5, 0.6) is 0 Å². The van der Waals surface area contributed by atoms with Crippen molar-refractivity contribution < 1.29 is 9.50 Å². The minimum Gasteiger partial charge on any atom is -0.392 e. The molecule has 1 aromatic heterocycles. The van der Waals surface area contributed by atoms with Gasteiger partial charge >= 0.3 is 0 Å². The highest BCUT2D eigenvalue weighted by atomic mass is 79.9. The summed E-state index contributed by atoms with van der Waals surface area (Å²) in [5.41, 5.74) is 1.59. The van der Waals surface area contributed by atoms with E-state index < -0.39 is 0 Å². The van der Waals surface area contributed by atoms with Gasteiger partial charge in [-0.2, -0.15) is 0 Å². The number of halogens is 2. The Morgan fingerprint density at radius 2 is 2.16 bits per heavy atom. The van der Waals surface area contributed by atoms with Crippen LogP contribution in [-0.2, 0) is 13.2 Å². The van der Waals surface area contributed by atoms with Gasteiger partial charge in [-0.3, -0.25) is 0 Å². The van der Waals surface area contributed by atoms with Crippen LogP contribution in [0.25, 0.3) is 0 Å². The van der Waals surface area contributed by atoms with E-state index in [1.54, 1.807) is 12.3 Å². The van der Waals surface area contributed by atoms with Gasteiger partial charge in [0.2, 0.25) is 0 Å². The Labute approximate surface area is 119 Å². The number of rotatable bonds is 4. The van der Waals surface area contributed by atoms with Crippen LogP contribution in [0, 0.1) is 5.82 Å². The lowest BCUT2D eigenvalue weighted by atomic mass is 10.2. The van der Waals surface area contributed by atoms with Gasteiger partial charge in [-0.25, -0.2) is 9.37 Å². The average Bonchev–Trinajstić information content (AvgIpc) is 2.38. The van der Waals surface area contributed by atoms with E-state index in [4.69, 9.17) is 0 Å². The van der Waals surface area contributed by atoms with Crippen LogP contribution in [0.3, 0.4) is 0 Å². The van der Waals surface area contributed by atoms with E-state index in [0.29, 0.717) is 12.4 Å². The molecule has 3 nitrogen and oxygen atoms in total. The molecule has 0 atom stereocenters. The maximum atomic E-state index is 13.1. The summed E-state index contributed by atoms with van der Waals surface area (Å²) in [4.78, 5) is 6.17. The Morgan fingerprint density at radius 1 is 1.37 bits per heavy atom. The highest BCUT2D eigenvalue weighted by Gasteiger charge is 2.10. The molecule has 2 rings (SSSR count). The van der Waals surface area contributed by atoms with Crippen molar-refractivity contribution in [2.75, 3.05) is 11.9 Å². The Bertz CT molecular complexity index is 577. The zero-order valence-corrected chi connectivity index (χ0v) is 12.1. The summed E-state index contributed by atoms with van der Waals surface area (Å²) < 4.78 is 14.0. The van der Waals surface area contributed by atoms with Gasteiger partial charge in [0.15, 0.2) is 0 Å². The lowest BCUT2D eigenvalue weighted by Crippen LogP contribution is -2.19. The lowest BCUT2D eigenvalue weighted by Gasteiger charge is -2.21. The molecule has 0 aliphatic rings. The van der Waals surface area contributed by atoms with Crippen LogP contribution in [0.2, 0.25) is 0 Å². The zero-order valence-electron chi connectivity index (χ0n) is 10.5. The zero-order chi connectivity index (χ0) is 13.8. The van der Waals surface area contributed by atoms with Crippen LogP contribution in [0.4, 0.5) is 10.2 Å². The first-order valence-corrected chi connectivity index (χ1v) is 6.60. The third-order valence-electron chi connectivity index (χ3n) is 2.75. The first-order valence-electron chi connectivity index (χ1n) is 5.81. The SMILES string of the molecule is CN(Cc1cccc(F)c1)c1ncc(Br)cc1CO. The van der Waals surface area contributed by atoms with E-state index in [9.17, 15) is 9.50 Å². The molecule has 0 aliphatic carbocycles. The first kappa shape index (κ1) is 14.0. The first-order chi connectivity index (χ1) is 9.10. The van der Waals surface area contributed by atoms with E-state index >= 15 is 0 Å². The highest BCUT2D eigenvalue weighted by molar-refractivity contribution is 9.10. The van der Waals surface area contributed by atoms with Crippen molar-refractivity contribution in [3.05, 3.63) is 57.9 Å². The number of benzene rings is 1. The summed E-state index contributed by atoms with van der Waals surface area (Å²) in [7, 11) is 1.86. The van der Waals surface area contributed by atoms with Gasteiger partial charge in [-0.15, -0.1) is 0 Å². The predicted molar refractivity (Wildman–Crippen MR) is 76.4 cm³/mol. The molecular formula is C14H14BrFN2O. The van der Waals surface area contributed by atoms with Gasteiger partial charge in [0.1, 0.15) is 11.6 Å². The summed E-state index contributed by atoms with van der Waals surface area (Å²) in [6, 6.07) is 8.27. The fraction of sp³-hybridized carbons (Fsp3) is 0.214. The number of hydrogen-bond acceptors (Lipinski definition) is 3. The van der Waals surface area contributed by atoms with E-state index in [-0.39, 0.29) is 12.4 Å². The summed E-state index contributed by atoms with van der Waals surface area (Å²) in [6.07, 6.45) is 1.68. The second-order valence-electron chi connectivity index (χ2n) is 4.28.